The van der Waals surface area contributed by atoms with Crippen LogP contribution in [0.5, 0.6) is 0 Å². The third kappa shape index (κ3) is 12.6. The van der Waals surface area contributed by atoms with Crippen LogP contribution in [-0.4, -0.2) is 11.1 Å². The maximum absolute atomic E-state index is 10.4. The summed E-state index contributed by atoms with van der Waals surface area (Å²) >= 11 is 0. The lowest BCUT2D eigenvalue weighted by atomic mass is 10.0. The van der Waals surface area contributed by atoms with Gasteiger partial charge in [-0.15, -0.1) is 0 Å². The van der Waals surface area contributed by atoms with Gasteiger partial charge in [-0.3, -0.25) is 4.79 Å². The average Bonchev–Trinajstić information content (AvgIpc) is 2.64. The van der Waals surface area contributed by atoms with Gasteiger partial charge in [0.2, 0.25) is 0 Å². The SMILES string of the molecule is Cc1c(CCCCCCCCCCCCCCCCC(=O)O)ccc[n+]1C. The summed E-state index contributed by atoms with van der Waals surface area (Å²) in [6, 6.07) is 4.42. The maximum atomic E-state index is 10.4. The lowest BCUT2D eigenvalue weighted by molar-refractivity contribution is -0.678. The molecule has 1 aromatic heterocycles. The van der Waals surface area contributed by atoms with Crippen LogP contribution in [0.1, 0.15) is 108 Å². The van der Waals surface area contributed by atoms with Gasteiger partial charge in [0, 0.05) is 25.0 Å². The molecule has 0 amide bonds. The molecule has 0 atom stereocenters. The lowest BCUT2D eigenvalue weighted by Gasteiger charge is -2.05. The molecule has 0 bridgehead atoms. The smallest absolute Gasteiger partial charge is 0.303 e. The predicted octanol–water partition coefficient (Wildman–Crippen LogP) is 6.30. The number of rotatable bonds is 17. The number of carboxylic acids is 1. The van der Waals surface area contributed by atoms with E-state index in [-0.39, 0.29) is 0 Å². The van der Waals surface area contributed by atoms with Gasteiger partial charge in [0.1, 0.15) is 7.05 Å². The van der Waals surface area contributed by atoms with Gasteiger partial charge < -0.3 is 5.11 Å². The first-order valence-electron chi connectivity index (χ1n) is 11.3. The van der Waals surface area contributed by atoms with Gasteiger partial charge in [-0.05, 0) is 25.3 Å². The van der Waals surface area contributed by atoms with Crippen molar-refractivity contribution in [2.75, 3.05) is 0 Å². The van der Waals surface area contributed by atoms with Crippen molar-refractivity contribution in [3.8, 4) is 0 Å². The Labute approximate surface area is 167 Å². The van der Waals surface area contributed by atoms with Gasteiger partial charge in [-0.25, -0.2) is 4.57 Å². The van der Waals surface area contributed by atoms with Crippen LogP contribution in [0.15, 0.2) is 18.3 Å². The Bertz CT molecular complexity index is 513. The zero-order valence-corrected chi connectivity index (χ0v) is 17.8. The van der Waals surface area contributed by atoms with Crippen LogP contribution in [0.2, 0.25) is 0 Å². The van der Waals surface area contributed by atoms with Crippen LogP contribution in [0.25, 0.3) is 0 Å². The predicted molar refractivity (Wildman–Crippen MR) is 113 cm³/mol. The highest BCUT2D eigenvalue weighted by atomic mass is 16.4. The fourth-order valence-corrected chi connectivity index (χ4v) is 3.72. The Morgan fingerprint density at radius 3 is 1.74 bits per heavy atom. The Balaban J connectivity index is 1.80. The Kier molecular flexibility index (Phi) is 13.7. The molecule has 154 valence electrons. The molecule has 1 aromatic rings. The molecule has 27 heavy (non-hydrogen) atoms. The van der Waals surface area contributed by atoms with E-state index in [1.54, 1.807) is 0 Å². The van der Waals surface area contributed by atoms with E-state index in [2.05, 4.69) is 36.9 Å². The van der Waals surface area contributed by atoms with Crippen LogP contribution in [0.3, 0.4) is 0 Å². The highest BCUT2D eigenvalue weighted by Gasteiger charge is 2.06. The van der Waals surface area contributed by atoms with Crippen LogP contribution in [0, 0.1) is 6.92 Å². The van der Waals surface area contributed by atoms with Crippen molar-refractivity contribution in [1.29, 1.82) is 0 Å². The number of carboxylic acid groups (broad SMARTS) is 1. The molecule has 0 saturated carbocycles. The maximum Gasteiger partial charge on any atom is 0.303 e. The molecule has 0 aliphatic rings. The second kappa shape index (κ2) is 15.7. The summed E-state index contributed by atoms with van der Waals surface area (Å²) in [6.07, 6.45) is 21.8. The minimum absolute atomic E-state index is 0.338. The topological polar surface area (TPSA) is 41.2 Å². The fraction of sp³-hybridized carbons (Fsp3) is 0.750. The standard InChI is InChI=1S/C24H41NO2/c1-22-23(19-17-21-25(22)2)18-15-13-11-9-7-5-3-4-6-8-10-12-14-16-20-24(26)27/h17,19,21H,3-16,18,20H2,1-2H3/p+1. The number of aromatic nitrogens is 1. The largest absolute Gasteiger partial charge is 0.481 e. The molecular weight excluding hydrogens is 334 g/mol. The third-order valence-corrected chi connectivity index (χ3v) is 5.69. The van der Waals surface area contributed by atoms with E-state index in [9.17, 15) is 4.79 Å². The van der Waals surface area contributed by atoms with Crippen molar-refractivity contribution >= 4 is 5.97 Å². The van der Waals surface area contributed by atoms with Gasteiger partial charge in [0.05, 0.1) is 0 Å². The summed E-state index contributed by atoms with van der Waals surface area (Å²) in [4.78, 5) is 10.4. The normalized spacial score (nSPS) is 11.0. The number of aryl methyl sites for hydroxylation is 2. The zero-order chi connectivity index (χ0) is 19.7. The highest BCUT2D eigenvalue weighted by Crippen LogP contribution is 2.14. The van der Waals surface area contributed by atoms with E-state index in [0.717, 1.165) is 12.8 Å². The number of pyridine rings is 1. The van der Waals surface area contributed by atoms with E-state index in [1.165, 1.54) is 94.7 Å². The summed E-state index contributed by atoms with van der Waals surface area (Å²) in [6.45, 7) is 2.22. The van der Waals surface area contributed by atoms with E-state index < -0.39 is 5.97 Å². The Morgan fingerprint density at radius 1 is 0.815 bits per heavy atom. The minimum atomic E-state index is -0.657. The van der Waals surface area contributed by atoms with E-state index >= 15 is 0 Å². The molecule has 3 heteroatoms. The molecule has 1 N–H and O–H groups in total. The van der Waals surface area contributed by atoms with Gasteiger partial charge in [0.15, 0.2) is 11.9 Å². The van der Waals surface area contributed by atoms with Crippen molar-refractivity contribution < 1.29 is 14.5 Å². The van der Waals surface area contributed by atoms with Gasteiger partial charge in [-0.2, -0.15) is 0 Å². The molecule has 1 heterocycles. The Morgan fingerprint density at radius 2 is 1.26 bits per heavy atom. The van der Waals surface area contributed by atoms with Crippen LogP contribution in [0.4, 0.5) is 0 Å². The first-order valence-corrected chi connectivity index (χ1v) is 11.3. The lowest BCUT2D eigenvalue weighted by Crippen LogP contribution is -2.32. The summed E-state index contributed by atoms with van der Waals surface area (Å²) in [5, 5.41) is 8.58. The molecular formula is C24H42NO2+. The molecule has 0 saturated heterocycles. The van der Waals surface area contributed by atoms with Crippen molar-refractivity contribution in [3.63, 3.8) is 0 Å². The second-order valence-corrected chi connectivity index (χ2v) is 8.07. The minimum Gasteiger partial charge on any atom is -0.481 e. The summed E-state index contributed by atoms with van der Waals surface area (Å²) < 4.78 is 2.22. The van der Waals surface area contributed by atoms with Gasteiger partial charge in [0.25, 0.3) is 0 Å². The number of hydrogen-bond acceptors (Lipinski definition) is 1. The summed E-state index contributed by atoms with van der Waals surface area (Å²) in [5.41, 5.74) is 2.90. The quantitative estimate of drug-likeness (QED) is 0.256. The van der Waals surface area contributed by atoms with Crippen molar-refractivity contribution in [2.24, 2.45) is 7.05 Å². The summed E-state index contributed by atoms with van der Waals surface area (Å²) in [7, 11) is 2.13. The van der Waals surface area contributed by atoms with Crippen LogP contribution < -0.4 is 4.57 Å². The van der Waals surface area contributed by atoms with Crippen LogP contribution >= 0.6 is 0 Å². The zero-order valence-electron chi connectivity index (χ0n) is 17.8. The van der Waals surface area contributed by atoms with E-state index in [0.29, 0.717) is 6.42 Å². The number of carbonyl (C=O) groups is 1. The van der Waals surface area contributed by atoms with E-state index in [4.69, 9.17) is 5.11 Å². The number of aliphatic carboxylic acids is 1. The monoisotopic (exact) mass is 376 g/mol. The first kappa shape index (κ1) is 23.7. The summed E-state index contributed by atoms with van der Waals surface area (Å²) in [5.74, 6) is -0.657. The highest BCUT2D eigenvalue weighted by molar-refractivity contribution is 5.66. The number of hydrogen-bond donors (Lipinski definition) is 1. The third-order valence-electron chi connectivity index (χ3n) is 5.69. The molecule has 0 fully saturated rings. The molecule has 1 rings (SSSR count). The average molecular weight is 377 g/mol. The number of unbranched alkanes of at least 4 members (excludes halogenated alkanes) is 13. The second-order valence-electron chi connectivity index (χ2n) is 8.07. The van der Waals surface area contributed by atoms with Crippen molar-refractivity contribution in [2.45, 2.75) is 110 Å². The molecule has 0 aliphatic carbocycles. The van der Waals surface area contributed by atoms with Crippen molar-refractivity contribution in [1.82, 2.24) is 0 Å². The molecule has 0 unspecified atom stereocenters. The molecule has 0 radical (unpaired) electrons. The molecule has 0 spiro atoms. The first-order chi connectivity index (χ1) is 13.1. The molecule has 0 aromatic carbocycles. The Hall–Kier alpha value is -1.38. The van der Waals surface area contributed by atoms with Gasteiger partial charge >= 0.3 is 5.97 Å². The van der Waals surface area contributed by atoms with E-state index in [1.807, 2.05) is 0 Å². The van der Waals surface area contributed by atoms with Gasteiger partial charge in [-0.1, -0.05) is 77.0 Å². The van der Waals surface area contributed by atoms with Crippen LogP contribution in [-0.2, 0) is 18.3 Å². The van der Waals surface area contributed by atoms with Crippen molar-refractivity contribution in [3.05, 3.63) is 29.6 Å². The molecule has 0 aliphatic heterocycles. The number of nitrogens with zero attached hydrogens (tertiary/aromatic N) is 1. The fourth-order valence-electron chi connectivity index (χ4n) is 3.72. The molecule has 3 nitrogen and oxygen atoms in total.